The van der Waals surface area contributed by atoms with Crippen molar-refractivity contribution in [1.29, 1.82) is 0 Å². The lowest BCUT2D eigenvalue weighted by Crippen LogP contribution is -3.16. The first-order chi connectivity index (χ1) is 11.2. The lowest BCUT2D eigenvalue weighted by atomic mass is 9.80. The van der Waals surface area contributed by atoms with Gasteiger partial charge in [0.25, 0.3) is 0 Å². The summed E-state index contributed by atoms with van der Waals surface area (Å²) in [4.78, 5) is 13.5. The molecular formula is C18H26F3N2O+. The fraction of sp³-hybridized carbons (Fsp3) is 0.611. The SMILES string of the molecule is C[NH+](C)C1(CNC(=O)Cc2cccc(C(F)(F)F)c2)CCCCC1. The molecule has 0 heterocycles. The minimum absolute atomic E-state index is 0.0250. The molecule has 0 atom stereocenters. The molecule has 6 heteroatoms. The molecule has 1 aliphatic carbocycles. The molecule has 1 fully saturated rings. The van der Waals surface area contributed by atoms with Gasteiger partial charge in [-0.15, -0.1) is 0 Å². The Labute approximate surface area is 141 Å². The van der Waals surface area contributed by atoms with Gasteiger partial charge in [0.05, 0.1) is 32.6 Å². The summed E-state index contributed by atoms with van der Waals surface area (Å²) < 4.78 is 38.2. The van der Waals surface area contributed by atoms with Gasteiger partial charge in [-0.05, 0) is 24.5 Å². The van der Waals surface area contributed by atoms with Crippen LogP contribution in [-0.4, -0.2) is 32.1 Å². The standard InChI is InChI=1S/C18H25F3N2O/c1-23(2)17(9-4-3-5-10-17)13-22-16(24)12-14-7-6-8-15(11-14)18(19,20)21/h6-8,11H,3-5,9-10,12-13H2,1-2H3,(H,22,24)/p+1. The van der Waals surface area contributed by atoms with Crippen molar-refractivity contribution in [3.8, 4) is 0 Å². The Hall–Kier alpha value is -1.56. The maximum absolute atomic E-state index is 12.7. The number of carbonyl (C=O) groups is 1. The summed E-state index contributed by atoms with van der Waals surface area (Å²) in [5.41, 5.74) is -0.284. The number of rotatable bonds is 5. The smallest absolute Gasteiger partial charge is 0.350 e. The van der Waals surface area contributed by atoms with Gasteiger partial charge in [0.1, 0.15) is 5.54 Å². The minimum atomic E-state index is -4.38. The molecule has 24 heavy (non-hydrogen) atoms. The van der Waals surface area contributed by atoms with Crippen molar-refractivity contribution in [2.45, 2.75) is 50.2 Å². The molecule has 2 N–H and O–H groups in total. The molecule has 0 saturated heterocycles. The molecule has 0 spiro atoms. The van der Waals surface area contributed by atoms with E-state index in [2.05, 4.69) is 19.4 Å². The summed E-state index contributed by atoms with van der Waals surface area (Å²) in [6, 6.07) is 4.97. The van der Waals surface area contributed by atoms with E-state index in [0.717, 1.165) is 37.8 Å². The number of carbonyl (C=O) groups excluding carboxylic acids is 1. The van der Waals surface area contributed by atoms with Gasteiger partial charge in [0.15, 0.2) is 0 Å². The Morgan fingerprint density at radius 1 is 1.21 bits per heavy atom. The lowest BCUT2D eigenvalue weighted by Gasteiger charge is -2.39. The highest BCUT2D eigenvalue weighted by atomic mass is 19.4. The third-order valence-corrected chi connectivity index (χ3v) is 5.11. The molecule has 3 nitrogen and oxygen atoms in total. The van der Waals surface area contributed by atoms with E-state index in [1.54, 1.807) is 6.07 Å². The number of hydrogen-bond acceptors (Lipinski definition) is 1. The highest BCUT2D eigenvalue weighted by Gasteiger charge is 2.38. The molecule has 0 aromatic heterocycles. The molecule has 0 bridgehead atoms. The van der Waals surface area contributed by atoms with Gasteiger partial charge in [0.2, 0.25) is 5.91 Å². The van der Waals surface area contributed by atoms with Crippen LogP contribution >= 0.6 is 0 Å². The first-order valence-corrected chi connectivity index (χ1v) is 8.46. The predicted molar refractivity (Wildman–Crippen MR) is 86.8 cm³/mol. The van der Waals surface area contributed by atoms with Crippen molar-refractivity contribution in [1.82, 2.24) is 5.32 Å². The van der Waals surface area contributed by atoms with E-state index in [4.69, 9.17) is 0 Å². The number of likely N-dealkylation sites (N-methyl/N-ethyl adjacent to an activating group) is 1. The summed E-state index contributed by atoms with van der Waals surface area (Å²) >= 11 is 0. The third kappa shape index (κ3) is 4.72. The van der Waals surface area contributed by atoms with Crippen LogP contribution < -0.4 is 10.2 Å². The number of halogens is 3. The van der Waals surface area contributed by atoms with Crippen LogP contribution in [0.3, 0.4) is 0 Å². The zero-order valence-electron chi connectivity index (χ0n) is 14.3. The van der Waals surface area contributed by atoms with Crippen molar-refractivity contribution in [3.05, 3.63) is 35.4 Å². The summed E-state index contributed by atoms with van der Waals surface area (Å²) in [5.74, 6) is -0.222. The van der Waals surface area contributed by atoms with Crippen molar-refractivity contribution >= 4 is 5.91 Å². The predicted octanol–water partition coefficient (Wildman–Crippen LogP) is 2.21. The van der Waals surface area contributed by atoms with E-state index in [0.29, 0.717) is 12.1 Å². The molecule has 0 aliphatic heterocycles. The highest BCUT2D eigenvalue weighted by Crippen LogP contribution is 2.29. The van der Waals surface area contributed by atoms with Crippen LogP contribution in [-0.2, 0) is 17.4 Å². The highest BCUT2D eigenvalue weighted by molar-refractivity contribution is 5.78. The van der Waals surface area contributed by atoms with Crippen LogP contribution in [0.15, 0.2) is 24.3 Å². The summed E-state index contributed by atoms with van der Waals surface area (Å²) in [6.07, 6.45) is 1.28. The van der Waals surface area contributed by atoms with E-state index in [1.807, 2.05) is 0 Å². The van der Waals surface area contributed by atoms with E-state index in [-0.39, 0.29) is 17.9 Å². The molecule has 2 rings (SSSR count). The Balaban J connectivity index is 1.96. The number of benzene rings is 1. The average Bonchev–Trinajstić information content (AvgIpc) is 2.53. The maximum atomic E-state index is 12.7. The Kier molecular flexibility index (Phi) is 5.91. The number of hydrogen-bond donors (Lipinski definition) is 2. The number of quaternary nitrogens is 1. The quantitative estimate of drug-likeness (QED) is 0.844. The minimum Gasteiger partial charge on any atom is -0.350 e. The topological polar surface area (TPSA) is 33.5 Å². The normalized spacial score (nSPS) is 17.8. The van der Waals surface area contributed by atoms with Gasteiger partial charge in [-0.2, -0.15) is 13.2 Å². The molecular weight excluding hydrogens is 317 g/mol. The van der Waals surface area contributed by atoms with Gasteiger partial charge in [-0.1, -0.05) is 24.6 Å². The zero-order chi connectivity index (χ0) is 17.8. The van der Waals surface area contributed by atoms with E-state index >= 15 is 0 Å². The second kappa shape index (κ2) is 7.55. The van der Waals surface area contributed by atoms with Crippen molar-refractivity contribution in [2.75, 3.05) is 20.6 Å². The average molecular weight is 343 g/mol. The van der Waals surface area contributed by atoms with E-state index < -0.39 is 11.7 Å². The number of alkyl halides is 3. The monoisotopic (exact) mass is 343 g/mol. The fourth-order valence-electron chi connectivity index (χ4n) is 3.46. The van der Waals surface area contributed by atoms with Gasteiger partial charge in [-0.3, -0.25) is 4.79 Å². The molecule has 1 aliphatic rings. The van der Waals surface area contributed by atoms with Crippen LogP contribution in [0.2, 0.25) is 0 Å². The largest absolute Gasteiger partial charge is 0.416 e. The summed E-state index contributed by atoms with van der Waals surface area (Å²) in [5, 5.41) is 2.94. The first kappa shape index (κ1) is 18.8. The summed E-state index contributed by atoms with van der Waals surface area (Å²) in [6.45, 7) is 0.577. The number of nitrogens with one attached hydrogen (secondary N) is 2. The molecule has 0 radical (unpaired) electrons. The van der Waals surface area contributed by atoms with Gasteiger partial charge >= 0.3 is 6.18 Å². The van der Waals surface area contributed by atoms with Gasteiger partial charge in [-0.25, -0.2) is 0 Å². The van der Waals surface area contributed by atoms with Crippen LogP contribution in [0, 0.1) is 0 Å². The molecule has 0 unspecified atom stereocenters. The first-order valence-electron chi connectivity index (χ1n) is 8.46. The molecule has 1 amide bonds. The molecule has 134 valence electrons. The fourth-order valence-corrected chi connectivity index (χ4v) is 3.46. The second-order valence-corrected chi connectivity index (χ2v) is 6.99. The van der Waals surface area contributed by atoms with Crippen LogP contribution in [0.4, 0.5) is 13.2 Å². The van der Waals surface area contributed by atoms with Crippen LogP contribution in [0.1, 0.15) is 43.2 Å². The molecule has 1 saturated carbocycles. The van der Waals surface area contributed by atoms with Crippen LogP contribution in [0.25, 0.3) is 0 Å². The number of amides is 1. The second-order valence-electron chi connectivity index (χ2n) is 6.99. The van der Waals surface area contributed by atoms with E-state index in [9.17, 15) is 18.0 Å². The lowest BCUT2D eigenvalue weighted by molar-refractivity contribution is -0.916. The van der Waals surface area contributed by atoms with Crippen molar-refractivity contribution in [2.24, 2.45) is 0 Å². The van der Waals surface area contributed by atoms with E-state index in [1.165, 1.54) is 17.4 Å². The van der Waals surface area contributed by atoms with Crippen molar-refractivity contribution < 1.29 is 22.9 Å². The van der Waals surface area contributed by atoms with Crippen molar-refractivity contribution in [3.63, 3.8) is 0 Å². The zero-order valence-corrected chi connectivity index (χ0v) is 14.3. The third-order valence-electron chi connectivity index (χ3n) is 5.11. The molecule has 1 aromatic carbocycles. The Morgan fingerprint density at radius 3 is 2.46 bits per heavy atom. The van der Waals surface area contributed by atoms with Crippen LogP contribution in [0.5, 0.6) is 0 Å². The molecule has 1 aromatic rings. The summed E-state index contributed by atoms with van der Waals surface area (Å²) in [7, 11) is 4.20. The Morgan fingerprint density at radius 2 is 1.88 bits per heavy atom. The Bertz CT molecular complexity index is 564. The maximum Gasteiger partial charge on any atom is 0.416 e. The van der Waals surface area contributed by atoms with Gasteiger partial charge < -0.3 is 10.2 Å². The van der Waals surface area contributed by atoms with Gasteiger partial charge in [0, 0.05) is 12.8 Å².